The molecule has 202 valence electrons. The molecule has 0 aliphatic carbocycles. The Morgan fingerprint density at radius 1 is 1.18 bits per heavy atom. The summed E-state index contributed by atoms with van der Waals surface area (Å²) in [7, 11) is 0. The van der Waals surface area contributed by atoms with Crippen molar-refractivity contribution in [1.82, 2.24) is 15.1 Å². The number of hydrogen-bond donors (Lipinski definition) is 1. The molecule has 9 heteroatoms. The van der Waals surface area contributed by atoms with Crippen LogP contribution in [0.3, 0.4) is 0 Å². The fraction of sp³-hybridized carbons (Fsp3) is 0.483. The average Bonchev–Trinajstić information content (AvgIpc) is 3.22. The van der Waals surface area contributed by atoms with Crippen LogP contribution in [0.4, 0.5) is 4.39 Å². The number of nitrogens with zero attached hydrogens (tertiary/aromatic N) is 2. The number of morpholine rings is 1. The number of amides is 3. The lowest BCUT2D eigenvalue weighted by Crippen LogP contribution is -2.56. The number of ether oxygens (including phenoxy) is 2. The van der Waals surface area contributed by atoms with Crippen molar-refractivity contribution in [3.05, 3.63) is 64.5 Å². The fourth-order valence-corrected chi connectivity index (χ4v) is 3.92. The van der Waals surface area contributed by atoms with Crippen molar-refractivity contribution in [3.63, 3.8) is 0 Å². The number of halogens is 1. The van der Waals surface area contributed by atoms with Crippen molar-refractivity contribution in [2.45, 2.75) is 77.1 Å². The molecular weight excluding hydrogens is 489 g/mol. The SMILES string of the molecule is [2H]C([2H])(Oc1cccc2c1C([2H])([2H])N(C1([2H])C(=O)NC(=O)C([2H])([2H])C1([2H])[2H])C2=O)c1cccc(C([2H])([2H])N2C([2H])([2H])C(C)(C)OC(C)(C([2H])([2H])[2H])C2([2H])[2H])c1F. The molecule has 2 aromatic rings. The Morgan fingerprint density at radius 3 is 2.71 bits per heavy atom. The second-order valence-corrected chi connectivity index (χ2v) is 9.00. The van der Waals surface area contributed by atoms with Crippen molar-refractivity contribution in [2.75, 3.05) is 13.0 Å². The highest BCUT2D eigenvalue weighted by molar-refractivity contribution is 6.05. The van der Waals surface area contributed by atoms with Crippen molar-refractivity contribution in [1.29, 1.82) is 0 Å². The summed E-state index contributed by atoms with van der Waals surface area (Å²) in [5.74, 6) is -8.00. The molecule has 3 heterocycles. The number of carbonyl (C=O) groups excluding carboxylic acids is 3. The molecule has 8 nitrogen and oxygen atoms in total. The summed E-state index contributed by atoms with van der Waals surface area (Å²) in [6, 6.07) is 1.32. The minimum absolute atomic E-state index is 0.146. The minimum Gasteiger partial charge on any atom is -0.488 e. The third-order valence-corrected chi connectivity index (χ3v) is 5.31. The highest BCUT2D eigenvalue weighted by atomic mass is 19.1. The van der Waals surface area contributed by atoms with E-state index in [-0.39, 0.29) is 9.80 Å². The van der Waals surface area contributed by atoms with Gasteiger partial charge in [-0.1, -0.05) is 24.3 Å². The number of rotatable bonds is 6. The molecule has 0 bridgehead atoms. The summed E-state index contributed by atoms with van der Waals surface area (Å²) in [6.45, 7) is -17.9. The monoisotopic (exact) mass is 541 g/mol. The molecule has 3 amide bonds. The van der Waals surface area contributed by atoms with Gasteiger partial charge in [0.25, 0.3) is 5.91 Å². The van der Waals surface area contributed by atoms with Gasteiger partial charge in [0, 0.05) is 65.9 Å². The number of carbonyl (C=O) groups is 3. The summed E-state index contributed by atoms with van der Waals surface area (Å²) < 4.78 is 181. The quantitative estimate of drug-likeness (QED) is 0.563. The van der Waals surface area contributed by atoms with Crippen LogP contribution >= 0.6 is 0 Å². The predicted molar refractivity (Wildman–Crippen MR) is 138 cm³/mol. The van der Waals surface area contributed by atoms with Crippen LogP contribution in [0.2, 0.25) is 0 Å². The Morgan fingerprint density at radius 2 is 1.92 bits per heavy atom. The normalized spacial score (nSPS) is 42.0. The Balaban J connectivity index is 1.62. The van der Waals surface area contributed by atoms with Crippen LogP contribution in [-0.2, 0) is 33.9 Å². The zero-order valence-corrected chi connectivity index (χ0v) is 20.3. The van der Waals surface area contributed by atoms with E-state index in [4.69, 9.17) is 34.1 Å². The number of piperidine rings is 1. The number of benzene rings is 2. The predicted octanol–water partition coefficient (Wildman–Crippen LogP) is 3.56. The lowest BCUT2D eigenvalue weighted by molar-refractivity contribution is -0.182. The van der Waals surface area contributed by atoms with Crippen molar-refractivity contribution >= 4 is 17.7 Å². The van der Waals surface area contributed by atoms with Gasteiger partial charge in [-0.25, -0.2) is 4.39 Å². The standard InChI is InChI=1S/C29H34FN3O5/c1-28(2)16-32(17-29(3,4)38-28)13-18-7-5-8-19(25(18)30)15-37-23-10-6-9-20-21(23)14-33(27(20)36)22-11-12-24(34)31-26(22)35/h5-10,22H,11-17H2,1-4H3,(H,31,34,35)/i1D3,11D2,12D2,13D2,14D2,15D2,16D2,17D2,22D. The number of nitrogens with one attached hydrogen (secondary N) is 1. The molecule has 5 rings (SSSR count). The summed E-state index contributed by atoms with van der Waals surface area (Å²) in [4.78, 5) is 38.5. The third kappa shape index (κ3) is 5.31. The number of imide groups is 1. The topological polar surface area (TPSA) is 88.2 Å². The second kappa shape index (κ2) is 9.78. The first kappa shape index (κ1) is 12.3. The zero-order valence-electron chi connectivity index (χ0n) is 38.3. The average molecular weight is 542 g/mol. The molecule has 0 radical (unpaired) electrons. The highest BCUT2D eigenvalue weighted by Crippen LogP contribution is 2.34. The first-order valence-corrected chi connectivity index (χ1v) is 11.2. The van der Waals surface area contributed by atoms with Gasteiger partial charge in [-0.2, -0.15) is 0 Å². The highest BCUT2D eigenvalue weighted by Gasteiger charge is 2.40. The van der Waals surface area contributed by atoms with Crippen LogP contribution < -0.4 is 10.1 Å². The van der Waals surface area contributed by atoms with Crippen LogP contribution in [0.5, 0.6) is 5.75 Å². The first-order chi connectivity index (χ1) is 24.9. The van der Waals surface area contributed by atoms with Crippen molar-refractivity contribution in [3.8, 4) is 5.75 Å². The van der Waals surface area contributed by atoms with Gasteiger partial charge in [-0.3, -0.25) is 24.6 Å². The molecule has 2 aromatic carbocycles. The summed E-state index contributed by atoms with van der Waals surface area (Å²) in [6.07, 6.45) is -7.57. The Hall–Kier alpha value is -3.30. The van der Waals surface area contributed by atoms with Crippen LogP contribution in [0, 0.1) is 5.82 Å². The smallest absolute Gasteiger partial charge is 0.255 e. The van der Waals surface area contributed by atoms with E-state index >= 15 is 4.39 Å². The Labute approximate surface area is 247 Å². The van der Waals surface area contributed by atoms with E-state index < -0.39 is 121 Å². The van der Waals surface area contributed by atoms with E-state index in [2.05, 4.69) is 0 Å². The molecule has 2 saturated heterocycles. The van der Waals surface area contributed by atoms with Crippen LogP contribution in [0.1, 0.15) is 92.1 Å². The van der Waals surface area contributed by atoms with Gasteiger partial charge in [-0.05, 0) is 46.1 Å². The van der Waals surface area contributed by atoms with Gasteiger partial charge < -0.3 is 14.4 Å². The largest absolute Gasteiger partial charge is 0.488 e. The summed E-state index contributed by atoms with van der Waals surface area (Å²) in [5.41, 5.74) is -9.24. The molecular formula is C29H34FN3O5. The van der Waals surface area contributed by atoms with Gasteiger partial charge in [-0.15, -0.1) is 0 Å². The third-order valence-electron chi connectivity index (χ3n) is 5.31. The summed E-state index contributed by atoms with van der Waals surface area (Å²) >= 11 is 0. The molecule has 0 saturated carbocycles. The van der Waals surface area contributed by atoms with Crippen LogP contribution in [0.15, 0.2) is 36.4 Å². The van der Waals surface area contributed by atoms with E-state index in [9.17, 15) is 14.4 Å². The maximum absolute atomic E-state index is 16.6. The Bertz CT molecular complexity index is 2040. The fourth-order valence-electron chi connectivity index (χ4n) is 3.92. The summed E-state index contributed by atoms with van der Waals surface area (Å²) in [5, 5.41) is 1.44. The van der Waals surface area contributed by atoms with E-state index in [1.54, 1.807) is 0 Å². The second-order valence-electron chi connectivity index (χ2n) is 9.00. The van der Waals surface area contributed by atoms with Crippen molar-refractivity contribution < 1.29 is 52.9 Å². The molecule has 1 N–H and O–H groups in total. The van der Waals surface area contributed by atoms with E-state index in [1.807, 2.05) is 0 Å². The first-order valence-electron chi connectivity index (χ1n) is 20.2. The van der Waals surface area contributed by atoms with Gasteiger partial charge in [0.15, 0.2) is 0 Å². The van der Waals surface area contributed by atoms with Crippen LogP contribution in [-0.4, -0.2) is 57.7 Å². The lowest BCUT2D eigenvalue weighted by atomic mass is 9.98. The van der Waals surface area contributed by atoms with Gasteiger partial charge >= 0.3 is 0 Å². The van der Waals surface area contributed by atoms with E-state index in [0.29, 0.717) is 6.07 Å². The Kier molecular flexibility index (Phi) is 3.15. The maximum atomic E-state index is 16.6. The molecule has 2 unspecified atom stereocenters. The molecule has 0 aromatic heterocycles. The maximum Gasteiger partial charge on any atom is 0.255 e. The zero-order chi connectivity index (χ0) is 43.2. The van der Waals surface area contributed by atoms with E-state index in [1.165, 1.54) is 5.32 Å². The van der Waals surface area contributed by atoms with Gasteiger partial charge in [0.1, 0.15) is 24.1 Å². The molecule has 38 heavy (non-hydrogen) atoms. The molecule has 0 spiro atoms. The molecule has 3 aliphatic rings. The van der Waals surface area contributed by atoms with E-state index in [0.717, 1.165) is 51.1 Å². The molecule has 3 aliphatic heterocycles. The molecule has 2 fully saturated rings. The number of hydrogen-bond acceptors (Lipinski definition) is 6. The minimum atomic E-state index is -3.90. The van der Waals surface area contributed by atoms with Crippen LogP contribution in [0.25, 0.3) is 0 Å². The molecule has 2 atom stereocenters. The number of fused-ring (bicyclic) bond motifs is 1. The van der Waals surface area contributed by atoms with Gasteiger partial charge in [0.2, 0.25) is 11.8 Å². The van der Waals surface area contributed by atoms with Gasteiger partial charge in [0.05, 0.1) is 24.6 Å². The lowest BCUT2D eigenvalue weighted by Gasteiger charge is -2.47. The van der Waals surface area contributed by atoms with Crippen molar-refractivity contribution in [2.24, 2.45) is 0 Å².